The summed E-state index contributed by atoms with van der Waals surface area (Å²) in [6.45, 7) is 1.76. The number of aromatic hydroxyl groups is 1. The van der Waals surface area contributed by atoms with Crippen molar-refractivity contribution in [3.8, 4) is 17.4 Å². The minimum Gasteiger partial charge on any atom is -0.490 e. The predicted octanol–water partition coefficient (Wildman–Crippen LogP) is 2.76. The summed E-state index contributed by atoms with van der Waals surface area (Å²) in [5, 5.41) is 23.1. The molecule has 13 heteroatoms. The lowest BCUT2D eigenvalue weighted by Crippen LogP contribution is -2.20. The van der Waals surface area contributed by atoms with Gasteiger partial charge < -0.3 is 29.6 Å². The van der Waals surface area contributed by atoms with Gasteiger partial charge in [-0.3, -0.25) is 19.7 Å². The van der Waals surface area contributed by atoms with Gasteiger partial charge in [0.2, 0.25) is 0 Å². The number of rotatable bonds is 10. The molecule has 0 unspecified atom stereocenters. The van der Waals surface area contributed by atoms with E-state index < -0.39 is 33.9 Å². The number of amides is 1. The number of hydrogen-bond acceptors (Lipinski definition) is 10. The van der Waals surface area contributed by atoms with Crippen LogP contribution in [0.1, 0.15) is 28.7 Å². The summed E-state index contributed by atoms with van der Waals surface area (Å²) in [4.78, 5) is 51.1. The molecular weight excluding hydrogens is 488 g/mol. The lowest BCUT2D eigenvalue weighted by molar-refractivity contribution is -0.387. The number of aromatic nitrogens is 2. The molecule has 0 fully saturated rings. The Morgan fingerprint density at radius 1 is 1.14 bits per heavy atom. The van der Waals surface area contributed by atoms with Crippen LogP contribution in [0.15, 0.2) is 47.3 Å². The minimum atomic E-state index is -1.09. The van der Waals surface area contributed by atoms with Gasteiger partial charge in [-0.05, 0) is 55.0 Å². The van der Waals surface area contributed by atoms with Crippen molar-refractivity contribution in [3.05, 3.63) is 79.9 Å². The van der Waals surface area contributed by atoms with Crippen molar-refractivity contribution < 1.29 is 33.8 Å². The van der Waals surface area contributed by atoms with Gasteiger partial charge in [0.05, 0.1) is 24.2 Å². The number of benzene rings is 2. The highest BCUT2D eigenvalue weighted by Gasteiger charge is 2.21. The number of nitro groups is 1. The number of ether oxygens (including phenoxy) is 3. The predicted molar refractivity (Wildman–Crippen MR) is 132 cm³/mol. The molecule has 0 radical (unpaired) electrons. The number of carbonyl (C=O) groups excluding carboxylic acids is 2. The standard InChI is InChI=1S/C24H22N4O9/c1-3-36-18-12-14(5-11-19-26-22(30)21(28(33)34)23(31)27-19)4-10-17(18)37-13-20(29)25-16-8-6-15(7-9-16)24(32)35-2/h4-12H,3,13H2,1-2H3,(H,25,29)(H2,26,27,30,31)/b11-5+. The molecule has 192 valence electrons. The maximum absolute atomic E-state index is 12.3. The molecule has 0 saturated heterocycles. The molecule has 37 heavy (non-hydrogen) atoms. The molecule has 0 aliphatic rings. The van der Waals surface area contributed by atoms with Crippen LogP contribution in [0.25, 0.3) is 12.2 Å². The highest BCUT2D eigenvalue weighted by Crippen LogP contribution is 2.29. The van der Waals surface area contributed by atoms with Crippen molar-refractivity contribution in [1.82, 2.24) is 9.97 Å². The van der Waals surface area contributed by atoms with E-state index in [1.165, 1.54) is 31.4 Å². The number of nitrogens with zero attached hydrogens (tertiary/aromatic N) is 2. The van der Waals surface area contributed by atoms with Crippen LogP contribution >= 0.6 is 0 Å². The number of carbonyl (C=O) groups is 2. The van der Waals surface area contributed by atoms with Gasteiger partial charge in [-0.2, -0.15) is 4.98 Å². The first-order valence-electron chi connectivity index (χ1n) is 10.8. The number of hydrogen-bond donors (Lipinski definition) is 3. The SMILES string of the molecule is CCOc1cc(/C=C/c2nc(O)c([N+](=O)[O-])c(=O)[nH]2)ccc1OCC(=O)Nc1ccc(C(=O)OC)cc1. The Morgan fingerprint density at radius 3 is 2.49 bits per heavy atom. The molecule has 0 atom stereocenters. The average molecular weight is 510 g/mol. The Labute approximate surface area is 209 Å². The Balaban J connectivity index is 1.67. The second kappa shape index (κ2) is 12.0. The molecule has 1 aromatic heterocycles. The number of H-pyrrole nitrogens is 1. The van der Waals surface area contributed by atoms with Crippen molar-refractivity contribution in [3.63, 3.8) is 0 Å². The van der Waals surface area contributed by atoms with Gasteiger partial charge in [0.1, 0.15) is 5.82 Å². The molecule has 0 bridgehead atoms. The second-order valence-corrected chi connectivity index (χ2v) is 7.26. The first kappa shape index (κ1) is 26.4. The fraction of sp³-hybridized carbons (Fsp3) is 0.167. The molecule has 0 aliphatic carbocycles. The van der Waals surface area contributed by atoms with Crippen LogP contribution in [0.5, 0.6) is 17.4 Å². The van der Waals surface area contributed by atoms with Crippen LogP contribution in [0.3, 0.4) is 0 Å². The summed E-state index contributed by atoms with van der Waals surface area (Å²) in [5.41, 5.74) is -0.727. The van der Waals surface area contributed by atoms with E-state index in [0.717, 1.165) is 0 Å². The van der Waals surface area contributed by atoms with Gasteiger partial charge in [-0.1, -0.05) is 12.1 Å². The molecule has 3 N–H and O–H groups in total. The molecule has 3 rings (SSSR count). The third-order valence-electron chi connectivity index (χ3n) is 4.73. The zero-order valence-corrected chi connectivity index (χ0v) is 19.7. The normalized spacial score (nSPS) is 10.6. The monoisotopic (exact) mass is 510 g/mol. The third kappa shape index (κ3) is 6.91. The molecule has 0 spiro atoms. The van der Waals surface area contributed by atoms with Gasteiger partial charge in [0.15, 0.2) is 18.1 Å². The van der Waals surface area contributed by atoms with Crippen molar-refractivity contribution in [2.75, 3.05) is 25.6 Å². The third-order valence-corrected chi connectivity index (χ3v) is 4.73. The maximum atomic E-state index is 12.3. The molecule has 3 aromatic rings. The number of anilines is 1. The summed E-state index contributed by atoms with van der Waals surface area (Å²) in [6.07, 6.45) is 2.87. The number of esters is 1. The van der Waals surface area contributed by atoms with Crippen molar-refractivity contribution >= 4 is 35.4 Å². The largest absolute Gasteiger partial charge is 0.490 e. The molecule has 0 aliphatic heterocycles. The topological polar surface area (TPSA) is 183 Å². The summed E-state index contributed by atoms with van der Waals surface area (Å²) in [6, 6.07) is 11.0. The van der Waals surface area contributed by atoms with E-state index in [4.69, 9.17) is 9.47 Å². The van der Waals surface area contributed by atoms with Crippen molar-refractivity contribution in [2.45, 2.75) is 6.92 Å². The van der Waals surface area contributed by atoms with Gasteiger partial charge in [0.25, 0.3) is 11.8 Å². The Kier molecular flexibility index (Phi) is 8.54. The first-order chi connectivity index (χ1) is 17.7. The van der Waals surface area contributed by atoms with Crippen LogP contribution in [0.2, 0.25) is 0 Å². The van der Waals surface area contributed by atoms with Crippen LogP contribution in [0, 0.1) is 10.1 Å². The summed E-state index contributed by atoms with van der Waals surface area (Å²) in [5.74, 6) is -1.38. The molecule has 1 heterocycles. The van der Waals surface area contributed by atoms with Gasteiger partial charge >= 0.3 is 17.2 Å². The fourth-order valence-electron chi connectivity index (χ4n) is 3.05. The molecular formula is C24H22N4O9. The number of aromatic amines is 1. The van der Waals surface area contributed by atoms with Crippen LogP contribution in [0.4, 0.5) is 11.4 Å². The Bertz CT molecular complexity index is 1400. The summed E-state index contributed by atoms with van der Waals surface area (Å²) >= 11 is 0. The molecule has 1 amide bonds. The van der Waals surface area contributed by atoms with E-state index in [1.807, 2.05) is 0 Å². The highest BCUT2D eigenvalue weighted by atomic mass is 16.6. The zero-order valence-electron chi connectivity index (χ0n) is 19.7. The van der Waals surface area contributed by atoms with E-state index in [-0.39, 0.29) is 12.4 Å². The number of nitrogens with one attached hydrogen (secondary N) is 2. The van der Waals surface area contributed by atoms with Crippen LogP contribution in [-0.4, -0.2) is 52.2 Å². The smallest absolute Gasteiger partial charge is 0.395 e. The average Bonchev–Trinajstić information content (AvgIpc) is 2.86. The van der Waals surface area contributed by atoms with Gasteiger partial charge in [0, 0.05) is 5.69 Å². The first-order valence-corrected chi connectivity index (χ1v) is 10.8. The van der Waals surface area contributed by atoms with Crippen molar-refractivity contribution in [1.29, 1.82) is 0 Å². The maximum Gasteiger partial charge on any atom is 0.395 e. The van der Waals surface area contributed by atoms with Crippen LogP contribution in [-0.2, 0) is 9.53 Å². The van der Waals surface area contributed by atoms with Crippen LogP contribution < -0.4 is 20.3 Å². The Hall–Kier alpha value is -5.20. The van der Waals surface area contributed by atoms with Gasteiger partial charge in [-0.25, -0.2) is 4.79 Å². The van der Waals surface area contributed by atoms with Crippen molar-refractivity contribution in [2.24, 2.45) is 0 Å². The molecule has 13 nitrogen and oxygen atoms in total. The second-order valence-electron chi connectivity index (χ2n) is 7.26. The lowest BCUT2D eigenvalue weighted by atomic mass is 10.2. The van der Waals surface area contributed by atoms with E-state index in [0.29, 0.717) is 34.9 Å². The molecule has 0 saturated carbocycles. The Morgan fingerprint density at radius 2 is 1.86 bits per heavy atom. The van der Waals surface area contributed by atoms with E-state index in [1.54, 1.807) is 37.3 Å². The summed E-state index contributed by atoms with van der Waals surface area (Å²) in [7, 11) is 1.28. The highest BCUT2D eigenvalue weighted by molar-refractivity contribution is 5.93. The van der Waals surface area contributed by atoms with E-state index in [2.05, 4.69) is 20.0 Å². The number of methoxy groups -OCH3 is 1. The van der Waals surface area contributed by atoms with Gasteiger partial charge in [-0.15, -0.1) is 0 Å². The van der Waals surface area contributed by atoms with E-state index in [9.17, 15) is 29.6 Å². The van der Waals surface area contributed by atoms with E-state index >= 15 is 0 Å². The lowest BCUT2D eigenvalue weighted by Gasteiger charge is -2.13. The minimum absolute atomic E-state index is 0.0947. The fourth-order valence-corrected chi connectivity index (χ4v) is 3.05. The zero-order chi connectivity index (χ0) is 26.9. The molecule has 2 aromatic carbocycles. The summed E-state index contributed by atoms with van der Waals surface area (Å²) < 4.78 is 15.8. The quantitative estimate of drug-likeness (QED) is 0.208.